The van der Waals surface area contributed by atoms with Crippen LogP contribution in [0.4, 0.5) is 0 Å². The summed E-state index contributed by atoms with van der Waals surface area (Å²) in [5.74, 6) is 1.71. The zero-order valence-corrected chi connectivity index (χ0v) is 17.1. The maximum atomic E-state index is 5.90. The van der Waals surface area contributed by atoms with Crippen LogP contribution in [-0.4, -0.2) is 19.6 Å². The molecule has 0 aromatic heterocycles. The molecule has 0 amide bonds. The molecule has 0 atom stereocenters. The number of rotatable bonds is 7. The number of hydrogen-bond donors (Lipinski definition) is 2. The van der Waals surface area contributed by atoms with Crippen molar-refractivity contribution in [1.29, 1.82) is 0 Å². The van der Waals surface area contributed by atoms with Crippen LogP contribution in [0.5, 0.6) is 5.75 Å². The fourth-order valence-corrected chi connectivity index (χ4v) is 3.12. The lowest BCUT2D eigenvalue weighted by atomic mass is 9.98. The molecule has 0 saturated carbocycles. The molecular weight excluding hydrogens is 391 g/mol. The van der Waals surface area contributed by atoms with Crippen molar-refractivity contribution in [3.63, 3.8) is 0 Å². The smallest absolute Gasteiger partial charge is 0.120 e. The number of benzene rings is 2. The summed E-state index contributed by atoms with van der Waals surface area (Å²) in [5.41, 5.74) is 2.38. The summed E-state index contributed by atoms with van der Waals surface area (Å²) in [6.45, 7) is 4.85. The minimum atomic E-state index is 0. The summed E-state index contributed by atoms with van der Waals surface area (Å²) >= 11 is 5.90. The summed E-state index contributed by atoms with van der Waals surface area (Å²) < 4.78 is 5.89. The van der Waals surface area contributed by atoms with E-state index in [2.05, 4.69) is 28.8 Å². The summed E-state index contributed by atoms with van der Waals surface area (Å²) in [7, 11) is 0. The van der Waals surface area contributed by atoms with Gasteiger partial charge in [-0.1, -0.05) is 35.9 Å². The maximum Gasteiger partial charge on any atom is 0.120 e. The zero-order valence-electron chi connectivity index (χ0n) is 14.7. The molecule has 1 saturated heterocycles. The van der Waals surface area contributed by atoms with Gasteiger partial charge in [0.2, 0.25) is 0 Å². The van der Waals surface area contributed by atoms with Crippen LogP contribution in [0.25, 0.3) is 0 Å². The van der Waals surface area contributed by atoms with Gasteiger partial charge in [-0.25, -0.2) is 0 Å². The fraction of sp³-hybridized carbons (Fsp3) is 0.400. The molecule has 1 heterocycles. The lowest BCUT2D eigenvalue weighted by Gasteiger charge is -2.22. The van der Waals surface area contributed by atoms with Gasteiger partial charge in [-0.3, -0.25) is 0 Å². The maximum absolute atomic E-state index is 5.90. The third-order valence-corrected chi connectivity index (χ3v) is 4.69. The first-order valence-corrected chi connectivity index (χ1v) is 9.05. The molecule has 2 N–H and O–H groups in total. The molecule has 0 spiro atoms. The zero-order chi connectivity index (χ0) is 16.6. The van der Waals surface area contributed by atoms with E-state index in [1.165, 1.54) is 18.4 Å². The molecule has 2 aromatic carbocycles. The Bertz CT molecular complexity index is 631. The van der Waals surface area contributed by atoms with Gasteiger partial charge in [0.25, 0.3) is 0 Å². The average molecular weight is 418 g/mol. The van der Waals surface area contributed by atoms with Crippen molar-refractivity contribution >= 4 is 36.4 Å². The minimum Gasteiger partial charge on any atom is -0.489 e. The van der Waals surface area contributed by atoms with E-state index >= 15 is 0 Å². The van der Waals surface area contributed by atoms with Crippen LogP contribution in [0.3, 0.4) is 0 Å². The van der Waals surface area contributed by atoms with E-state index < -0.39 is 0 Å². The van der Waals surface area contributed by atoms with Crippen LogP contribution in [0, 0.1) is 5.92 Å². The first kappa shape index (κ1) is 23.1. The van der Waals surface area contributed by atoms with Gasteiger partial charge in [-0.05, 0) is 73.8 Å². The van der Waals surface area contributed by atoms with Crippen LogP contribution in [0.2, 0.25) is 5.02 Å². The Labute approximate surface area is 173 Å². The third-order valence-electron chi connectivity index (χ3n) is 4.44. The Morgan fingerprint density at radius 1 is 1.00 bits per heavy atom. The quantitative estimate of drug-likeness (QED) is 0.675. The molecule has 1 aliphatic heterocycles. The molecule has 26 heavy (non-hydrogen) atoms. The molecule has 2 aromatic rings. The lowest BCUT2D eigenvalue weighted by Crippen LogP contribution is -2.33. The number of nitrogens with one attached hydrogen (secondary N) is 2. The number of ether oxygens (including phenoxy) is 1. The number of halogens is 3. The fourth-order valence-electron chi connectivity index (χ4n) is 3.00. The summed E-state index contributed by atoms with van der Waals surface area (Å²) in [6, 6.07) is 16.1. The molecule has 0 unspecified atom stereocenters. The monoisotopic (exact) mass is 416 g/mol. The summed E-state index contributed by atoms with van der Waals surface area (Å²) in [5, 5.41) is 7.74. The van der Waals surface area contributed by atoms with E-state index in [9.17, 15) is 0 Å². The Hall–Kier alpha value is -0.970. The highest BCUT2D eigenvalue weighted by atomic mass is 35.5. The molecule has 144 valence electrons. The van der Waals surface area contributed by atoms with Crippen molar-refractivity contribution in [3.05, 3.63) is 64.7 Å². The van der Waals surface area contributed by atoms with Gasteiger partial charge >= 0.3 is 0 Å². The Morgan fingerprint density at radius 3 is 2.46 bits per heavy atom. The molecule has 1 fully saturated rings. The first-order valence-electron chi connectivity index (χ1n) is 8.67. The van der Waals surface area contributed by atoms with Crippen molar-refractivity contribution < 1.29 is 4.74 Å². The van der Waals surface area contributed by atoms with Gasteiger partial charge in [0, 0.05) is 11.6 Å². The Kier molecular flexibility index (Phi) is 11.0. The predicted molar refractivity (Wildman–Crippen MR) is 114 cm³/mol. The second-order valence-corrected chi connectivity index (χ2v) is 6.82. The highest BCUT2D eigenvalue weighted by Crippen LogP contribution is 2.17. The van der Waals surface area contributed by atoms with Gasteiger partial charge < -0.3 is 15.4 Å². The van der Waals surface area contributed by atoms with Crippen LogP contribution >= 0.6 is 36.4 Å². The molecule has 0 aliphatic carbocycles. The van der Waals surface area contributed by atoms with Crippen LogP contribution in [-0.2, 0) is 13.2 Å². The molecule has 1 aliphatic rings. The van der Waals surface area contributed by atoms with Crippen molar-refractivity contribution in [1.82, 2.24) is 10.6 Å². The van der Waals surface area contributed by atoms with Gasteiger partial charge in [-0.15, -0.1) is 24.8 Å². The second-order valence-electron chi connectivity index (χ2n) is 6.39. The number of hydrogen-bond acceptors (Lipinski definition) is 3. The van der Waals surface area contributed by atoms with Crippen LogP contribution in [0.15, 0.2) is 48.5 Å². The molecule has 6 heteroatoms. The van der Waals surface area contributed by atoms with E-state index in [0.717, 1.165) is 48.4 Å². The summed E-state index contributed by atoms with van der Waals surface area (Å²) in [6.07, 6.45) is 2.55. The van der Waals surface area contributed by atoms with Gasteiger partial charge in [-0.2, -0.15) is 0 Å². The van der Waals surface area contributed by atoms with Crippen molar-refractivity contribution in [2.75, 3.05) is 19.6 Å². The van der Waals surface area contributed by atoms with Crippen molar-refractivity contribution in [2.45, 2.75) is 26.0 Å². The molecule has 3 nitrogen and oxygen atoms in total. The SMILES string of the molecule is Cl.Cl.Clc1ccc(COc2cccc(CNCC3CCNCC3)c2)cc1. The highest BCUT2D eigenvalue weighted by Gasteiger charge is 2.12. The minimum absolute atomic E-state index is 0. The van der Waals surface area contributed by atoms with Gasteiger partial charge in [0.15, 0.2) is 0 Å². The van der Waals surface area contributed by atoms with Gasteiger partial charge in [0.05, 0.1) is 0 Å². The topological polar surface area (TPSA) is 33.3 Å². The van der Waals surface area contributed by atoms with Crippen LogP contribution in [0.1, 0.15) is 24.0 Å². The Morgan fingerprint density at radius 2 is 1.73 bits per heavy atom. The highest BCUT2D eigenvalue weighted by molar-refractivity contribution is 6.30. The van der Waals surface area contributed by atoms with E-state index in [1.807, 2.05) is 30.3 Å². The van der Waals surface area contributed by atoms with E-state index in [-0.39, 0.29) is 24.8 Å². The summed E-state index contributed by atoms with van der Waals surface area (Å²) in [4.78, 5) is 0. The van der Waals surface area contributed by atoms with E-state index in [4.69, 9.17) is 16.3 Å². The first-order chi connectivity index (χ1) is 11.8. The normalized spacial score (nSPS) is 14.2. The standard InChI is InChI=1S/C20H25ClN2O.2ClH/c21-19-6-4-17(5-7-19)15-24-20-3-1-2-18(12-20)14-23-13-16-8-10-22-11-9-16;;/h1-7,12,16,22-23H,8-11,13-15H2;2*1H. The lowest BCUT2D eigenvalue weighted by molar-refractivity contribution is 0.305. The van der Waals surface area contributed by atoms with Crippen molar-refractivity contribution in [3.8, 4) is 5.75 Å². The number of piperidine rings is 1. The molecular formula is C20H27Cl3N2O. The third kappa shape index (κ3) is 7.73. The largest absolute Gasteiger partial charge is 0.489 e. The second kappa shape index (κ2) is 12.4. The Balaban J connectivity index is 0.00000169. The average Bonchev–Trinajstić information content (AvgIpc) is 2.63. The predicted octanol–water partition coefficient (Wildman–Crippen LogP) is 4.85. The van der Waals surface area contributed by atoms with Gasteiger partial charge in [0.1, 0.15) is 12.4 Å². The van der Waals surface area contributed by atoms with Crippen molar-refractivity contribution in [2.24, 2.45) is 5.92 Å². The molecule has 3 rings (SSSR count). The van der Waals surface area contributed by atoms with Crippen LogP contribution < -0.4 is 15.4 Å². The van der Waals surface area contributed by atoms with E-state index in [1.54, 1.807) is 0 Å². The molecule has 0 bridgehead atoms. The molecule has 0 radical (unpaired) electrons. The van der Waals surface area contributed by atoms with E-state index in [0.29, 0.717) is 6.61 Å².